The van der Waals surface area contributed by atoms with Crippen LogP contribution in [0.15, 0.2) is 0 Å². The monoisotopic (exact) mass is 269 g/mol. The average molecular weight is 269 g/mol. The fraction of sp³-hybridized carbons (Fsp3) is 0.455. The first-order valence-electron chi connectivity index (χ1n) is 5.27. The highest BCUT2D eigenvalue weighted by Gasteiger charge is 2.25. The highest BCUT2D eigenvalue weighted by atomic mass is 19.2. The van der Waals surface area contributed by atoms with Gasteiger partial charge in [-0.2, -0.15) is 0 Å². The summed E-state index contributed by atoms with van der Waals surface area (Å²) in [5, 5.41) is 2.15. The van der Waals surface area contributed by atoms with Crippen molar-refractivity contribution in [2.45, 2.75) is 20.0 Å². The van der Waals surface area contributed by atoms with E-state index in [2.05, 4.69) is 5.32 Å². The van der Waals surface area contributed by atoms with Crippen molar-refractivity contribution in [1.82, 2.24) is 0 Å². The Balaban J connectivity index is 2.96. The molecule has 0 aliphatic heterocycles. The van der Waals surface area contributed by atoms with E-state index in [9.17, 15) is 22.0 Å². The molecule has 0 aliphatic carbocycles. The summed E-state index contributed by atoms with van der Waals surface area (Å²) in [4.78, 5) is 0. The van der Waals surface area contributed by atoms with Gasteiger partial charge in [0.15, 0.2) is 23.3 Å². The predicted octanol–water partition coefficient (Wildman–Crippen LogP) is 3.22. The van der Waals surface area contributed by atoms with Crippen LogP contribution >= 0.6 is 0 Å². The molecule has 0 radical (unpaired) electrons. The van der Waals surface area contributed by atoms with Crippen LogP contribution in [0, 0.1) is 29.1 Å². The molecule has 1 unspecified atom stereocenters. The van der Waals surface area contributed by atoms with E-state index in [0.717, 1.165) is 0 Å². The van der Waals surface area contributed by atoms with Crippen molar-refractivity contribution in [2.24, 2.45) is 0 Å². The zero-order valence-electron chi connectivity index (χ0n) is 9.79. The lowest BCUT2D eigenvalue weighted by atomic mass is 10.2. The Morgan fingerprint density at radius 2 is 1.39 bits per heavy atom. The van der Waals surface area contributed by atoms with Crippen molar-refractivity contribution in [1.29, 1.82) is 0 Å². The van der Waals surface area contributed by atoms with Crippen LogP contribution in [0.5, 0.6) is 0 Å². The number of nitrogens with one attached hydrogen (secondary N) is 1. The lowest BCUT2D eigenvalue weighted by molar-refractivity contribution is 0.0854. The van der Waals surface area contributed by atoms with Crippen LogP contribution < -0.4 is 5.32 Å². The second-order valence-corrected chi connectivity index (χ2v) is 3.59. The third kappa shape index (κ3) is 2.90. The molecule has 0 aliphatic rings. The Kier molecular flexibility index (Phi) is 4.89. The first-order valence-corrected chi connectivity index (χ1v) is 5.27. The van der Waals surface area contributed by atoms with Gasteiger partial charge >= 0.3 is 0 Å². The molecule has 2 nitrogen and oxygen atoms in total. The Bertz CT molecular complexity index is 409. The molecule has 0 saturated carbocycles. The zero-order chi connectivity index (χ0) is 13.9. The van der Waals surface area contributed by atoms with Crippen molar-refractivity contribution >= 4 is 5.69 Å². The van der Waals surface area contributed by atoms with Crippen LogP contribution in [-0.2, 0) is 4.74 Å². The smallest absolute Gasteiger partial charge is 0.200 e. The van der Waals surface area contributed by atoms with E-state index in [0.29, 0.717) is 6.61 Å². The molecule has 0 aromatic heterocycles. The Labute approximate surface area is 101 Å². The minimum Gasteiger partial charge on any atom is -0.378 e. The summed E-state index contributed by atoms with van der Waals surface area (Å²) >= 11 is 0. The quantitative estimate of drug-likeness (QED) is 0.503. The fourth-order valence-corrected chi connectivity index (χ4v) is 1.35. The van der Waals surface area contributed by atoms with Crippen molar-refractivity contribution in [3.8, 4) is 0 Å². The molecule has 0 fully saturated rings. The van der Waals surface area contributed by atoms with Crippen LogP contribution in [0.4, 0.5) is 27.6 Å². The number of ether oxygens (including phenoxy) is 1. The van der Waals surface area contributed by atoms with Crippen LogP contribution in [0.25, 0.3) is 0 Å². The molecule has 0 heterocycles. The maximum Gasteiger partial charge on any atom is 0.200 e. The van der Waals surface area contributed by atoms with Gasteiger partial charge in [0.25, 0.3) is 0 Å². The Morgan fingerprint density at radius 1 is 0.944 bits per heavy atom. The molecule has 1 aromatic carbocycles. The zero-order valence-corrected chi connectivity index (χ0v) is 9.79. The topological polar surface area (TPSA) is 21.3 Å². The Morgan fingerprint density at radius 3 is 1.83 bits per heavy atom. The fourth-order valence-electron chi connectivity index (χ4n) is 1.35. The minimum atomic E-state index is -2.17. The molecule has 1 atom stereocenters. The highest BCUT2D eigenvalue weighted by Crippen LogP contribution is 2.26. The Hall–Kier alpha value is -1.37. The summed E-state index contributed by atoms with van der Waals surface area (Å²) in [5.41, 5.74) is -1.04. The summed E-state index contributed by atoms with van der Waals surface area (Å²) in [6.45, 7) is 3.61. The van der Waals surface area contributed by atoms with Crippen molar-refractivity contribution in [2.75, 3.05) is 18.5 Å². The van der Waals surface area contributed by atoms with Crippen molar-refractivity contribution < 1.29 is 26.7 Å². The third-order valence-corrected chi connectivity index (χ3v) is 2.23. The number of hydrogen-bond donors (Lipinski definition) is 1. The lowest BCUT2D eigenvalue weighted by Crippen LogP contribution is -2.21. The summed E-state index contributed by atoms with van der Waals surface area (Å²) in [7, 11) is 0. The summed E-state index contributed by atoms with van der Waals surface area (Å²) in [6.07, 6.45) is -0.426. The van der Waals surface area contributed by atoms with Gasteiger partial charge in [-0.25, -0.2) is 22.0 Å². The minimum absolute atomic E-state index is 0.0772. The third-order valence-electron chi connectivity index (χ3n) is 2.23. The van der Waals surface area contributed by atoms with Gasteiger partial charge < -0.3 is 10.1 Å². The lowest BCUT2D eigenvalue weighted by Gasteiger charge is -2.15. The van der Waals surface area contributed by atoms with Crippen molar-refractivity contribution in [3.05, 3.63) is 29.1 Å². The molecule has 0 spiro atoms. The number of benzene rings is 1. The van der Waals surface area contributed by atoms with E-state index in [1.807, 2.05) is 0 Å². The largest absolute Gasteiger partial charge is 0.378 e. The molecule has 7 heteroatoms. The normalized spacial score (nSPS) is 12.6. The van der Waals surface area contributed by atoms with Crippen LogP contribution in [0.1, 0.15) is 13.8 Å². The highest BCUT2D eigenvalue weighted by molar-refractivity contribution is 5.47. The molecular formula is C11H12F5NO. The molecule has 0 amide bonds. The maximum absolute atomic E-state index is 13.2. The van der Waals surface area contributed by atoms with Gasteiger partial charge in [-0.05, 0) is 13.8 Å². The summed E-state index contributed by atoms with van der Waals surface area (Å²) in [6, 6.07) is 0. The van der Waals surface area contributed by atoms with E-state index >= 15 is 0 Å². The van der Waals surface area contributed by atoms with E-state index in [-0.39, 0.29) is 6.54 Å². The van der Waals surface area contributed by atoms with Gasteiger partial charge in [0.2, 0.25) is 5.82 Å². The predicted molar refractivity (Wildman–Crippen MR) is 55.8 cm³/mol. The number of halogens is 5. The molecule has 18 heavy (non-hydrogen) atoms. The van der Waals surface area contributed by atoms with E-state index < -0.39 is 40.9 Å². The number of rotatable bonds is 5. The molecule has 1 rings (SSSR count). The van der Waals surface area contributed by atoms with E-state index in [1.165, 1.54) is 0 Å². The number of anilines is 1. The van der Waals surface area contributed by atoms with Gasteiger partial charge in [0.1, 0.15) is 5.69 Å². The van der Waals surface area contributed by atoms with Crippen LogP contribution in [-0.4, -0.2) is 19.3 Å². The SMILES string of the molecule is CCOC(C)CNc1c(F)c(F)c(F)c(F)c1F. The maximum atomic E-state index is 13.2. The molecule has 0 bridgehead atoms. The molecular weight excluding hydrogens is 257 g/mol. The van der Waals surface area contributed by atoms with Crippen LogP contribution in [0.3, 0.4) is 0 Å². The van der Waals surface area contributed by atoms with Crippen LogP contribution in [0.2, 0.25) is 0 Å². The standard InChI is InChI=1S/C11H12F5NO/c1-3-18-5(2)4-17-11-9(15)7(13)6(12)8(14)10(11)16/h5,17H,3-4H2,1-2H3. The summed E-state index contributed by atoms with van der Waals surface area (Å²) in [5.74, 6) is -9.88. The van der Waals surface area contributed by atoms with Gasteiger partial charge in [-0.3, -0.25) is 0 Å². The molecule has 1 aromatic rings. The van der Waals surface area contributed by atoms with Crippen molar-refractivity contribution in [3.63, 3.8) is 0 Å². The number of hydrogen-bond acceptors (Lipinski definition) is 2. The van der Waals surface area contributed by atoms with Gasteiger partial charge in [-0.1, -0.05) is 0 Å². The van der Waals surface area contributed by atoms with E-state index in [4.69, 9.17) is 4.74 Å². The first kappa shape index (κ1) is 14.7. The second kappa shape index (κ2) is 5.99. The molecule has 1 N–H and O–H groups in total. The summed E-state index contributed by atoms with van der Waals surface area (Å²) < 4.78 is 69.9. The average Bonchev–Trinajstić information content (AvgIpc) is 2.34. The van der Waals surface area contributed by atoms with Gasteiger partial charge in [-0.15, -0.1) is 0 Å². The van der Waals surface area contributed by atoms with E-state index in [1.54, 1.807) is 13.8 Å². The van der Waals surface area contributed by atoms with Gasteiger partial charge in [0.05, 0.1) is 6.10 Å². The second-order valence-electron chi connectivity index (χ2n) is 3.59. The molecule has 102 valence electrons. The first-order chi connectivity index (χ1) is 8.40. The molecule has 0 saturated heterocycles. The van der Waals surface area contributed by atoms with Gasteiger partial charge in [0, 0.05) is 13.2 Å².